The number of hydrogen-bond acceptors (Lipinski definition) is 3. The molecule has 1 aliphatic heterocycles. The van der Waals surface area contributed by atoms with E-state index in [9.17, 15) is 14.7 Å². The van der Waals surface area contributed by atoms with Crippen LogP contribution >= 0.6 is 0 Å². The predicted molar refractivity (Wildman–Crippen MR) is 87.8 cm³/mol. The monoisotopic (exact) mass is 312 g/mol. The minimum Gasteiger partial charge on any atom is -0.389 e. The van der Waals surface area contributed by atoms with Crippen molar-refractivity contribution < 1.29 is 14.7 Å². The van der Waals surface area contributed by atoms with Crippen LogP contribution in [-0.4, -0.2) is 34.1 Å². The summed E-state index contributed by atoms with van der Waals surface area (Å²) in [6, 6.07) is 13.1. The van der Waals surface area contributed by atoms with E-state index in [1.165, 1.54) is 0 Å². The van der Waals surface area contributed by atoms with Crippen LogP contribution in [0.15, 0.2) is 42.5 Å². The maximum Gasteiger partial charge on any atom is 0.325 e. The Morgan fingerprint density at radius 1 is 1.13 bits per heavy atom. The summed E-state index contributed by atoms with van der Waals surface area (Å²) in [6.07, 6.45) is 0. The van der Waals surface area contributed by atoms with Crippen molar-refractivity contribution in [3.05, 3.63) is 48.0 Å². The summed E-state index contributed by atoms with van der Waals surface area (Å²) in [6.45, 7) is 4.79. The number of benzene rings is 2. The van der Waals surface area contributed by atoms with E-state index in [0.717, 1.165) is 21.2 Å². The molecule has 23 heavy (non-hydrogen) atoms. The first-order valence-electron chi connectivity index (χ1n) is 7.56. The van der Waals surface area contributed by atoms with Crippen LogP contribution in [0, 0.1) is 0 Å². The summed E-state index contributed by atoms with van der Waals surface area (Å²) in [4.78, 5) is 26.1. The summed E-state index contributed by atoms with van der Waals surface area (Å²) >= 11 is 0. The average molecular weight is 312 g/mol. The Bertz CT molecular complexity index is 794. The maximum absolute atomic E-state index is 12.8. The number of β-amino-alcohol motifs (C(OH)–C–C–N with tert-alkyl or cyclic N) is 1. The second-order valence-corrected chi connectivity index (χ2v) is 6.82. The zero-order valence-corrected chi connectivity index (χ0v) is 13.5. The van der Waals surface area contributed by atoms with Crippen LogP contribution in [0.2, 0.25) is 0 Å². The molecule has 5 heteroatoms. The molecule has 1 heterocycles. The molecule has 0 spiro atoms. The van der Waals surface area contributed by atoms with Crippen molar-refractivity contribution in [3.63, 3.8) is 0 Å². The van der Waals surface area contributed by atoms with Gasteiger partial charge in [0, 0.05) is 0 Å². The number of nitrogens with one attached hydrogen (secondary N) is 1. The summed E-state index contributed by atoms with van der Waals surface area (Å²) in [5.74, 6) is -0.347. The quantitative estimate of drug-likeness (QED) is 0.855. The van der Waals surface area contributed by atoms with Crippen molar-refractivity contribution in [2.24, 2.45) is 0 Å². The molecule has 2 aromatic rings. The summed E-state index contributed by atoms with van der Waals surface area (Å²) < 4.78 is 0. The van der Waals surface area contributed by atoms with Crippen LogP contribution in [0.25, 0.3) is 10.8 Å². The lowest BCUT2D eigenvalue weighted by Crippen LogP contribution is -2.44. The number of carbonyl (C=O) groups excluding carboxylic acids is 2. The van der Waals surface area contributed by atoms with Crippen LogP contribution in [0.5, 0.6) is 0 Å². The first-order valence-corrected chi connectivity index (χ1v) is 7.56. The molecule has 0 bridgehead atoms. The predicted octanol–water partition coefficient (Wildman–Crippen LogP) is 2.38. The molecule has 0 radical (unpaired) electrons. The third-order valence-electron chi connectivity index (χ3n) is 4.15. The molecule has 1 atom stereocenters. The van der Waals surface area contributed by atoms with Crippen molar-refractivity contribution >= 4 is 22.7 Å². The fraction of sp³-hybridized carbons (Fsp3) is 0.333. The molecular weight excluding hydrogens is 292 g/mol. The Balaban J connectivity index is 2.00. The lowest BCUT2D eigenvalue weighted by molar-refractivity contribution is -0.133. The topological polar surface area (TPSA) is 69.6 Å². The number of amides is 3. The largest absolute Gasteiger partial charge is 0.389 e. The molecule has 2 N–H and O–H groups in total. The number of urea groups is 1. The molecule has 1 saturated heterocycles. The van der Waals surface area contributed by atoms with Gasteiger partial charge in [-0.2, -0.15) is 0 Å². The molecule has 0 saturated carbocycles. The number of rotatable bonds is 3. The van der Waals surface area contributed by atoms with Crippen molar-refractivity contribution in [1.82, 2.24) is 10.2 Å². The fourth-order valence-corrected chi connectivity index (χ4v) is 2.92. The van der Waals surface area contributed by atoms with E-state index >= 15 is 0 Å². The van der Waals surface area contributed by atoms with Gasteiger partial charge in [0.1, 0.15) is 5.54 Å². The van der Waals surface area contributed by atoms with E-state index < -0.39 is 17.2 Å². The molecule has 120 valence electrons. The number of carbonyl (C=O) groups is 2. The Morgan fingerprint density at radius 3 is 2.43 bits per heavy atom. The molecule has 1 fully saturated rings. The van der Waals surface area contributed by atoms with Gasteiger partial charge < -0.3 is 10.4 Å². The van der Waals surface area contributed by atoms with Gasteiger partial charge in [0.05, 0.1) is 12.1 Å². The highest BCUT2D eigenvalue weighted by Gasteiger charge is 2.50. The minimum atomic E-state index is -1.14. The molecule has 5 nitrogen and oxygen atoms in total. The van der Waals surface area contributed by atoms with Gasteiger partial charge in [-0.15, -0.1) is 0 Å². The first-order chi connectivity index (χ1) is 10.7. The number of fused-ring (bicyclic) bond motifs is 1. The van der Waals surface area contributed by atoms with Crippen molar-refractivity contribution in [1.29, 1.82) is 0 Å². The SMILES string of the molecule is CC(C)(O)CN1C(=O)NC(C)(c2ccc3ccccc3c2)C1=O. The molecule has 3 rings (SSSR count). The van der Waals surface area contributed by atoms with Crippen LogP contribution in [-0.2, 0) is 10.3 Å². The second kappa shape index (κ2) is 5.06. The lowest BCUT2D eigenvalue weighted by atomic mass is 9.90. The summed E-state index contributed by atoms with van der Waals surface area (Å²) in [5.41, 5.74) is -1.53. The Morgan fingerprint density at radius 2 is 1.78 bits per heavy atom. The highest BCUT2D eigenvalue weighted by atomic mass is 16.3. The zero-order chi connectivity index (χ0) is 16.8. The van der Waals surface area contributed by atoms with E-state index in [-0.39, 0.29) is 12.5 Å². The fourth-order valence-electron chi connectivity index (χ4n) is 2.92. The van der Waals surface area contributed by atoms with E-state index in [1.807, 2.05) is 42.5 Å². The van der Waals surface area contributed by atoms with Crippen molar-refractivity contribution in [3.8, 4) is 0 Å². The molecule has 1 aliphatic rings. The first kappa shape index (κ1) is 15.5. The number of aliphatic hydroxyl groups is 1. The minimum absolute atomic E-state index is 0.0408. The van der Waals surface area contributed by atoms with Gasteiger partial charge in [0.2, 0.25) is 0 Å². The smallest absolute Gasteiger partial charge is 0.325 e. The number of imide groups is 1. The van der Waals surface area contributed by atoms with Gasteiger partial charge >= 0.3 is 6.03 Å². The average Bonchev–Trinajstić information content (AvgIpc) is 2.70. The highest BCUT2D eigenvalue weighted by molar-refractivity contribution is 6.07. The standard InChI is InChI=1S/C18H20N2O3/c1-17(2,23)11-20-15(21)18(3,19-16(20)22)14-9-8-12-6-4-5-7-13(12)10-14/h4-10,23H,11H2,1-3H3,(H,19,22). The Hall–Kier alpha value is -2.40. The van der Waals surface area contributed by atoms with E-state index in [1.54, 1.807) is 20.8 Å². The maximum atomic E-state index is 12.8. The Kier molecular flexibility index (Phi) is 3.41. The van der Waals surface area contributed by atoms with Gasteiger partial charge in [0.15, 0.2) is 0 Å². The molecular formula is C18H20N2O3. The molecule has 3 amide bonds. The molecule has 2 aromatic carbocycles. The van der Waals surface area contributed by atoms with Crippen molar-refractivity contribution in [2.45, 2.75) is 31.9 Å². The normalized spacial score (nSPS) is 21.8. The highest BCUT2D eigenvalue weighted by Crippen LogP contribution is 2.31. The third kappa shape index (κ3) is 2.68. The number of nitrogens with zero attached hydrogens (tertiary/aromatic N) is 1. The zero-order valence-electron chi connectivity index (χ0n) is 13.5. The van der Waals surface area contributed by atoms with E-state index in [2.05, 4.69) is 5.32 Å². The van der Waals surface area contributed by atoms with Gasteiger partial charge in [-0.3, -0.25) is 9.69 Å². The van der Waals surface area contributed by atoms with Crippen molar-refractivity contribution in [2.75, 3.05) is 6.54 Å². The Labute approximate surface area is 134 Å². The summed E-state index contributed by atoms with van der Waals surface area (Å²) in [7, 11) is 0. The lowest BCUT2D eigenvalue weighted by Gasteiger charge is -2.25. The van der Waals surface area contributed by atoms with Crippen LogP contribution in [0.4, 0.5) is 4.79 Å². The van der Waals surface area contributed by atoms with Gasteiger partial charge in [-0.05, 0) is 43.2 Å². The van der Waals surface area contributed by atoms with Gasteiger partial charge in [-0.25, -0.2) is 4.79 Å². The molecule has 0 aromatic heterocycles. The van der Waals surface area contributed by atoms with Gasteiger partial charge in [0.25, 0.3) is 5.91 Å². The van der Waals surface area contributed by atoms with E-state index in [0.29, 0.717) is 0 Å². The van der Waals surface area contributed by atoms with E-state index in [4.69, 9.17) is 0 Å². The van der Waals surface area contributed by atoms with Crippen LogP contribution in [0.3, 0.4) is 0 Å². The molecule has 0 aliphatic carbocycles. The van der Waals surface area contributed by atoms with Gasteiger partial charge in [-0.1, -0.05) is 36.4 Å². The second-order valence-electron chi connectivity index (χ2n) is 6.82. The number of hydrogen-bond donors (Lipinski definition) is 2. The van der Waals surface area contributed by atoms with Crippen LogP contribution in [0.1, 0.15) is 26.3 Å². The third-order valence-corrected chi connectivity index (χ3v) is 4.15. The molecule has 1 unspecified atom stereocenters. The summed E-state index contributed by atoms with van der Waals surface area (Å²) in [5, 5.41) is 14.8. The van der Waals surface area contributed by atoms with Crippen LogP contribution < -0.4 is 5.32 Å².